The third kappa shape index (κ3) is 7.11. The van der Waals surface area contributed by atoms with E-state index in [1.54, 1.807) is 0 Å². The van der Waals surface area contributed by atoms with Gasteiger partial charge in [0.25, 0.3) is 6.47 Å². The normalized spacial score (nSPS) is 15.0. The molecule has 0 spiro atoms. The van der Waals surface area contributed by atoms with Crippen molar-refractivity contribution in [1.82, 2.24) is 5.32 Å². The van der Waals surface area contributed by atoms with Crippen LogP contribution in [-0.4, -0.2) is 43.4 Å². The molecular formula is C16H26N2O3. The Bertz CT molecular complexity index is 424. The lowest BCUT2D eigenvalue weighted by Gasteiger charge is -2.29. The molecule has 5 nitrogen and oxygen atoms in total. The molecule has 1 aliphatic rings. The van der Waals surface area contributed by atoms with Crippen LogP contribution in [0.2, 0.25) is 0 Å². The summed E-state index contributed by atoms with van der Waals surface area (Å²) in [5.74, 6) is 0. The number of ether oxygens (including phenoxy) is 1. The van der Waals surface area contributed by atoms with Crippen LogP contribution < -0.4 is 10.2 Å². The number of aliphatic hydroxyl groups is 1. The van der Waals surface area contributed by atoms with Crippen molar-refractivity contribution in [3.8, 4) is 0 Å². The number of rotatable bonds is 3. The third-order valence-corrected chi connectivity index (χ3v) is 2.98. The predicted molar refractivity (Wildman–Crippen MR) is 84.3 cm³/mol. The van der Waals surface area contributed by atoms with Crippen molar-refractivity contribution in [2.24, 2.45) is 0 Å². The fourth-order valence-corrected chi connectivity index (χ4v) is 1.92. The maximum Gasteiger partial charge on any atom is 0.293 e. The molecule has 1 heterocycles. The molecule has 1 aromatic rings. The van der Waals surface area contributed by atoms with E-state index in [9.17, 15) is 4.79 Å². The standard InChI is InChI=1S/C11H16N2O.C5H10O2/c14-9-10-2-1-3-11(8-10)13-6-4-12-5-7-13;1-5(2,3)7-4-6/h1-3,8,12,14H,4-7,9H2;4H,1-3H3. The molecule has 0 radical (unpaired) electrons. The first-order valence-corrected chi connectivity index (χ1v) is 7.23. The van der Waals surface area contributed by atoms with E-state index in [1.807, 2.05) is 32.9 Å². The number of nitrogens with one attached hydrogen (secondary N) is 1. The minimum absolute atomic E-state index is 0.125. The van der Waals surface area contributed by atoms with E-state index in [-0.39, 0.29) is 12.2 Å². The maximum absolute atomic E-state index is 9.60. The van der Waals surface area contributed by atoms with E-state index >= 15 is 0 Å². The Balaban J connectivity index is 0.000000270. The zero-order chi connectivity index (χ0) is 15.7. The Morgan fingerprint density at radius 3 is 2.48 bits per heavy atom. The summed E-state index contributed by atoms with van der Waals surface area (Å²) in [6.07, 6.45) is 0. The van der Waals surface area contributed by atoms with Crippen molar-refractivity contribution in [2.45, 2.75) is 33.0 Å². The molecule has 0 atom stereocenters. The maximum atomic E-state index is 9.60. The van der Waals surface area contributed by atoms with Crippen molar-refractivity contribution in [1.29, 1.82) is 0 Å². The molecule has 1 saturated heterocycles. The van der Waals surface area contributed by atoms with Gasteiger partial charge < -0.3 is 20.1 Å². The van der Waals surface area contributed by atoms with E-state index in [2.05, 4.69) is 27.1 Å². The van der Waals surface area contributed by atoms with Crippen molar-refractivity contribution in [3.63, 3.8) is 0 Å². The summed E-state index contributed by atoms with van der Waals surface area (Å²) in [6.45, 7) is 10.2. The van der Waals surface area contributed by atoms with E-state index in [1.165, 1.54) is 5.69 Å². The van der Waals surface area contributed by atoms with E-state index in [4.69, 9.17) is 5.11 Å². The Morgan fingerprint density at radius 1 is 1.33 bits per heavy atom. The second-order valence-electron chi connectivity index (χ2n) is 5.89. The van der Waals surface area contributed by atoms with Gasteiger partial charge in [-0.25, -0.2) is 0 Å². The van der Waals surface area contributed by atoms with Gasteiger partial charge in [0.1, 0.15) is 5.60 Å². The number of aliphatic hydroxyl groups excluding tert-OH is 1. The van der Waals surface area contributed by atoms with Crippen LogP contribution in [0.5, 0.6) is 0 Å². The summed E-state index contributed by atoms with van der Waals surface area (Å²) in [7, 11) is 0. The number of hydrogen-bond acceptors (Lipinski definition) is 5. The Hall–Kier alpha value is -1.59. The van der Waals surface area contributed by atoms with Crippen LogP contribution in [0.25, 0.3) is 0 Å². The number of piperazine rings is 1. The average Bonchev–Trinajstić information content (AvgIpc) is 2.48. The van der Waals surface area contributed by atoms with Crippen LogP contribution in [0.3, 0.4) is 0 Å². The molecule has 21 heavy (non-hydrogen) atoms. The number of anilines is 1. The smallest absolute Gasteiger partial charge is 0.293 e. The molecule has 118 valence electrons. The first kappa shape index (κ1) is 17.5. The lowest BCUT2D eigenvalue weighted by Crippen LogP contribution is -2.43. The second kappa shape index (κ2) is 8.64. The molecule has 0 bridgehead atoms. The number of carbonyl (C=O) groups is 1. The molecule has 2 N–H and O–H groups in total. The quantitative estimate of drug-likeness (QED) is 0.828. The lowest BCUT2D eigenvalue weighted by atomic mass is 10.2. The highest BCUT2D eigenvalue weighted by molar-refractivity contribution is 5.48. The second-order valence-corrected chi connectivity index (χ2v) is 5.89. The van der Waals surface area contributed by atoms with E-state index in [0.29, 0.717) is 6.47 Å². The van der Waals surface area contributed by atoms with Crippen LogP contribution in [0.1, 0.15) is 26.3 Å². The number of hydrogen-bond donors (Lipinski definition) is 2. The van der Waals surface area contributed by atoms with Crippen molar-refractivity contribution >= 4 is 12.2 Å². The first-order valence-electron chi connectivity index (χ1n) is 7.23. The molecule has 1 aliphatic heterocycles. The van der Waals surface area contributed by atoms with E-state index < -0.39 is 0 Å². The number of carbonyl (C=O) groups excluding carboxylic acids is 1. The van der Waals surface area contributed by atoms with Gasteiger partial charge in [0.2, 0.25) is 0 Å². The monoisotopic (exact) mass is 294 g/mol. The van der Waals surface area contributed by atoms with Gasteiger partial charge in [-0.3, -0.25) is 4.79 Å². The Labute approximate surface area is 126 Å². The molecule has 0 saturated carbocycles. The minimum atomic E-state index is -0.318. The highest BCUT2D eigenvalue weighted by Gasteiger charge is 2.10. The molecule has 0 aromatic heterocycles. The number of benzene rings is 1. The van der Waals surface area contributed by atoms with Gasteiger partial charge in [-0.15, -0.1) is 0 Å². The van der Waals surface area contributed by atoms with Crippen LogP contribution in [-0.2, 0) is 16.1 Å². The Kier molecular flexibility index (Phi) is 7.19. The van der Waals surface area contributed by atoms with Gasteiger partial charge in [0.15, 0.2) is 0 Å². The summed E-state index contributed by atoms with van der Waals surface area (Å²) in [6, 6.07) is 8.12. The van der Waals surface area contributed by atoms with Gasteiger partial charge >= 0.3 is 0 Å². The highest BCUT2D eigenvalue weighted by Crippen LogP contribution is 2.16. The third-order valence-electron chi connectivity index (χ3n) is 2.98. The summed E-state index contributed by atoms with van der Waals surface area (Å²) < 4.78 is 4.55. The molecular weight excluding hydrogens is 268 g/mol. The average molecular weight is 294 g/mol. The van der Waals surface area contributed by atoms with Crippen LogP contribution in [0, 0.1) is 0 Å². The molecule has 0 amide bonds. The summed E-state index contributed by atoms with van der Waals surface area (Å²) in [5.41, 5.74) is 1.89. The first-order chi connectivity index (χ1) is 9.96. The number of nitrogens with zero attached hydrogens (tertiary/aromatic N) is 1. The van der Waals surface area contributed by atoms with Crippen molar-refractivity contribution in [2.75, 3.05) is 31.1 Å². The fraction of sp³-hybridized carbons (Fsp3) is 0.562. The van der Waals surface area contributed by atoms with Gasteiger partial charge in [0, 0.05) is 31.9 Å². The van der Waals surface area contributed by atoms with Crippen molar-refractivity contribution < 1.29 is 14.6 Å². The zero-order valence-corrected chi connectivity index (χ0v) is 13.1. The van der Waals surface area contributed by atoms with Crippen LogP contribution >= 0.6 is 0 Å². The molecule has 1 aromatic carbocycles. The van der Waals surface area contributed by atoms with Gasteiger partial charge in [-0.1, -0.05) is 12.1 Å². The summed E-state index contributed by atoms with van der Waals surface area (Å²) >= 11 is 0. The van der Waals surface area contributed by atoms with Crippen LogP contribution in [0.4, 0.5) is 5.69 Å². The summed E-state index contributed by atoms with van der Waals surface area (Å²) in [4.78, 5) is 11.9. The molecule has 0 aliphatic carbocycles. The topological polar surface area (TPSA) is 61.8 Å². The lowest BCUT2D eigenvalue weighted by molar-refractivity contribution is -0.138. The highest BCUT2D eigenvalue weighted by atomic mass is 16.5. The fourth-order valence-electron chi connectivity index (χ4n) is 1.92. The molecule has 2 rings (SSSR count). The zero-order valence-electron chi connectivity index (χ0n) is 13.1. The van der Waals surface area contributed by atoms with Gasteiger partial charge in [-0.05, 0) is 38.5 Å². The SMILES string of the molecule is CC(C)(C)OC=O.OCc1cccc(N2CCNCC2)c1. The molecule has 0 unspecified atom stereocenters. The van der Waals surface area contributed by atoms with E-state index in [0.717, 1.165) is 31.7 Å². The molecule has 5 heteroatoms. The van der Waals surface area contributed by atoms with Gasteiger partial charge in [0.05, 0.1) is 6.61 Å². The summed E-state index contributed by atoms with van der Waals surface area (Å²) in [5, 5.41) is 12.4. The largest absolute Gasteiger partial charge is 0.462 e. The minimum Gasteiger partial charge on any atom is -0.462 e. The molecule has 1 fully saturated rings. The van der Waals surface area contributed by atoms with Gasteiger partial charge in [-0.2, -0.15) is 0 Å². The predicted octanol–water partition coefficient (Wildman–Crippen LogP) is 1.55. The Morgan fingerprint density at radius 2 is 2.00 bits per heavy atom. The van der Waals surface area contributed by atoms with Crippen molar-refractivity contribution in [3.05, 3.63) is 29.8 Å². The van der Waals surface area contributed by atoms with Crippen LogP contribution in [0.15, 0.2) is 24.3 Å².